The van der Waals surface area contributed by atoms with E-state index in [0.29, 0.717) is 0 Å². The molecular formula is C16H15F2N3O4. The lowest BCUT2D eigenvalue weighted by molar-refractivity contribution is -0.384. The number of nitrogens with zero attached hydrogens (tertiary/aromatic N) is 1. The predicted octanol–water partition coefficient (Wildman–Crippen LogP) is 3.83. The van der Waals surface area contributed by atoms with Gasteiger partial charge >= 0.3 is 12.6 Å². The van der Waals surface area contributed by atoms with Crippen molar-refractivity contribution in [1.29, 1.82) is 0 Å². The van der Waals surface area contributed by atoms with Crippen molar-refractivity contribution in [2.75, 3.05) is 5.32 Å². The van der Waals surface area contributed by atoms with E-state index in [-0.39, 0.29) is 23.7 Å². The van der Waals surface area contributed by atoms with Crippen LogP contribution in [0.4, 0.5) is 25.0 Å². The smallest absolute Gasteiger partial charge is 0.387 e. The van der Waals surface area contributed by atoms with Crippen molar-refractivity contribution in [1.82, 2.24) is 5.32 Å². The van der Waals surface area contributed by atoms with E-state index in [2.05, 4.69) is 15.4 Å². The molecule has 2 rings (SSSR count). The van der Waals surface area contributed by atoms with Crippen molar-refractivity contribution in [2.24, 2.45) is 0 Å². The molecule has 0 fully saturated rings. The second-order valence-corrected chi connectivity index (χ2v) is 5.11. The molecule has 0 saturated heterocycles. The van der Waals surface area contributed by atoms with Crippen LogP contribution in [0.25, 0.3) is 0 Å². The Labute approximate surface area is 141 Å². The summed E-state index contributed by atoms with van der Waals surface area (Å²) in [5.41, 5.74) is 1.27. The van der Waals surface area contributed by atoms with Gasteiger partial charge in [0, 0.05) is 18.7 Å². The van der Waals surface area contributed by atoms with Crippen LogP contribution in [0.5, 0.6) is 5.75 Å². The summed E-state index contributed by atoms with van der Waals surface area (Å²) in [5.74, 6) is -0.369. The van der Waals surface area contributed by atoms with Gasteiger partial charge in [-0.2, -0.15) is 8.78 Å². The van der Waals surface area contributed by atoms with E-state index >= 15 is 0 Å². The Balaban J connectivity index is 2.09. The van der Waals surface area contributed by atoms with Crippen molar-refractivity contribution in [3.8, 4) is 5.75 Å². The topological polar surface area (TPSA) is 93.5 Å². The van der Waals surface area contributed by atoms with E-state index in [9.17, 15) is 23.7 Å². The maximum Gasteiger partial charge on any atom is 0.387 e. The molecule has 0 aromatic heterocycles. The number of nitrogens with one attached hydrogen (secondary N) is 2. The first kappa shape index (κ1) is 18.1. The number of carbonyl (C=O) groups excluding carboxylic acids is 1. The Kier molecular flexibility index (Phi) is 5.83. The lowest BCUT2D eigenvalue weighted by Crippen LogP contribution is -2.28. The Hall–Kier alpha value is -3.23. The summed E-state index contributed by atoms with van der Waals surface area (Å²) in [6.07, 6.45) is 0. The molecule has 25 heavy (non-hydrogen) atoms. The number of urea groups is 1. The van der Waals surface area contributed by atoms with Gasteiger partial charge in [-0.25, -0.2) is 4.79 Å². The first-order valence-electron chi connectivity index (χ1n) is 7.19. The minimum Gasteiger partial charge on any atom is -0.433 e. The molecule has 2 amide bonds. The second kappa shape index (κ2) is 8.04. The number of nitro benzene ring substituents is 1. The van der Waals surface area contributed by atoms with E-state index in [1.165, 1.54) is 0 Å². The molecule has 0 radical (unpaired) electrons. The summed E-state index contributed by atoms with van der Waals surface area (Å²) in [5, 5.41) is 15.6. The molecule has 0 aliphatic rings. The summed E-state index contributed by atoms with van der Waals surface area (Å²) < 4.78 is 29.1. The molecule has 0 bridgehead atoms. The van der Waals surface area contributed by atoms with E-state index < -0.39 is 17.6 Å². The number of carbonyl (C=O) groups is 1. The molecule has 2 aromatic carbocycles. The third-order valence-electron chi connectivity index (χ3n) is 3.17. The number of hydrogen-bond donors (Lipinski definition) is 2. The van der Waals surface area contributed by atoms with Crippen LogP contribution >= 0.6 is 0 Å². The van der Waals surface area contributed by atoms with Gasteiger partial charge in [0.15, 0.2) is 0 Å². The number of hydrogen-bond acceptors (Lipinski definition) is 4. The zero-order valence-electron chi connectivity index (χ0n) is 13.2. The molecule has 0 unspecified atom stereocenters. The number of aryl methyl sites for hydroxylation is 1. The summed E-state index contributed by atoms with van der Waals surface area (Å²) in [6, 6.07) is 9.67. The van der Waals surface area contributed by atoms with Crippen molar-refractivity contribution in [3.05, 3.63) is 63.7 Å². The number of anilines is 1. The van der Waals surface area contributed by atoms with Crippen LogP contribution in [0.3, 0.4) is 0 Å². The van der Waals surface area contributed by atoms with Gasteiger partial charge in [0.1, 0.15) is 5.75 Å². The van der Waals surface area contributed by atoms with Crippen LogP contribution in [0, 0.1) is 17.0 Å². The maximum absolute atomic E-state index is 12.4. The summed E-state index contributed by atoms with van der Waals surface area (Å²) in [4.78, 5) is 22.1. The first-order valence-corrected chi connectivity index (χ1v) is 7.19. The molecule has 132 valence electrons. The Morgan fingerprint density at radius 2 is 2.04 bits per heavy atom. The summed E-state index contributed by atoms with van der Waals surface area (Å²) >= 11 is 0. The van der Waals surface area contributed by atoms with Crippen molar-refractivity contribution >= 4 is 17.4 Å². The van der Waals surface area contributed by atoms with Crippen molar-refractivity contribution in [2.45, 2.75) is 20.1 Å². The monoisotopic (exact) mass is 351 g/mol. The number of rotatable bonds is 6. The highest BCUT2D eigenvalue weighted by atomic mass is 19.3. The van der Waals surface area contributed by atoms with Crippen molar-refractivity contribution < 1.29 is 23.2 Å². The molecule has 7 nitrogen and oxygen atoms in total. The highest BCUT2D eigenvalue weighted by Crippen LogP contribution is 2.30. The Morgan fingerprint density at radius 1 is 1.28 bits per heavy atom. The molecule has 0 aliphatic heterocycles. The summed E-state index contributed by atoms with van der Waals surface area (Å²) in [7, 11) is 0. The summed E-state index contributed by atoms with van der Waals surface area (Å²) in [6.45, 7) is -1.02. The minimum atomic E-state index is -3.13. The molecule has 0 heterocycles. The number of non-ortho nitro benzene ring substituents is 1. The average Bonchev–Trinajstić information content (AvgIpc) is 2.54. The molecule has 0 atom stereocenters. The van der Waals surface area contributed by atoms with Crippen LogP contribution in [-0.4, -0.2) is 17.6 Å². The zero-order chi connectivity index (χ0) is 18.4. The number of benzene rings is 2. The number of halogens is 2. The van der Waals surface area contributed by atoms with Gasteiger partial charge in [0.25, 0.3) is 5.69 Å². The number of amides is 2. The van der Waals surface area contributed by atoms with E-state index in [4.69, 9.17) is 0 Å². The lowest BCUT2D eigenvalue weighted by Gasteiger charge is -2.12. The number of ether oxygens (including phenoxy) is 1. The Morgan fingerprint density at radius 3 is 2.68 bits per heavy atom. The fraction of sp³-hybridized carbons (Fsp3) is 0.188. The van der Waals surface area contributed by atoms with Gasteiger partial charge in [-0.05, 0) is 18.6 Å². The highest BCUT2D eigenvalue weighted by molar-refractivity contribution is 5.91. The largest absolute Gasteiger partial charge is 0.433 e. The first-order chi connectivity index (χ1) is 11.8. The minimum absolute atomic E-state index is 0.202. The average molecular weight is 351 g/mol. The van der Waals surface area contributed by atoms with Gasteiger partial charge in [0.05, 0.1) is 10.6 Å². The SMILES string of the molecule is Cc1cccc(CNC(=O)Nc2cc([N+](=O)[O-])ccc2OC(F)F)c1. The molecule has 2 aromatic rings. The molecular weight excluding hydrogens is 336 g/mol. The second-order valence-electron chi connectivity index (χ2n) is 5.11. The van der Waals surface area contributed by atoms with E-state index in [1.807, 2.05) is 31.2 Å². The third-order valence-corrected chi connectivity index (χ3v) is 3.17. The van der Waals surface area contributed by atoms with Crippen LogP contribution in [-0.2, 0) is 6.54 Å². The third kappa shape index (κ3) is 5.41. The molecule has 0 aliphatic carbocycles. The number of nitro groups is 1. The van der Waals surface area contributed by atoms with E-state index in [0.717, 1.165) is 29.3 Å². The predicted molar refractivity (Wildman–Crippen MR) is 86.8 cm³/mol. The van der Waals surface area contributed by atoms with Gasteiger partial charge in [-0.3, -0.25) is 10.1 Å². The van der Waals surface area contributed by atoms with Crippen LogP contribution < -0.4 is 15.4 Å². The van der Waals surface area contributed by atoms with E-state index in [1.54, 1.807) is 0 Å². The van der Waals surface area contributed by atoms with Gasteiger partial charge in [-0.15, -0.1) is 0 Å². The molecule has 2 N–H and O–H groups in total. The Bertz CT molecular complexity index is 784. The van der Waals surface area contributed by atoms with Crippen molar-refractivity contribution in [3.63, 3.8) is 0 Å². The fourth-order valence-electron chi connectivity index (χ4n) is 2.10. The van der Waals surface area contributed by atoms with Crippen LogP contribution in [0.1, 0.15) is 11.1 Å². The van der Waals surface area contributed by atoms with Crippen LogP contribution in [0.15, 0.2) is 42.5 Å². The zero-order valence-corrected chi connectivity index (χ0v) is 13.2. The molecule has 0 spiro atoms. The van der Waals surface area contributed by atoms with Gasteiger partial charge < -0.3 is 15.4 Å². The standard InChI is InChI=1S/C16H15F2N3O4/c1-10-3-2-4-11(7-10)9-19-16(22)20-13-8-12(21(23)24)5-6-14(13)25-15(17)18/h2-8,15H,9H2,1H3,(H2,19,20,22). The highest BCUT2D eigenvalue weighted by Gasteiger charge is 2.16. The normalized spacial score (nSPS) is 10.4. The molecule has 0 saturated carbocycles. The quantitative estimate of drug-likeness (QED) is 0.611. The maximum atomic E-state index is 12.4. The lowest BCUT2D eigenvalue weighted by atomic mass is 10.1. The van der Waals surface area contributed by atoms with Gasteiger partial charge in [-0.1, -0.05) is 29.8 Å². The van der Waals surface area contributed by atoms with Gasteiger partial charge in [0.2, 0.25) is 0 Å². The fourth-order valence-corrected chi connectivity index (χ4v) is 2.10. The number of alkyl halides is 2. The molecule has 9 heteroatoms. The van der Waals surface area contributed by atoms with Crippen LogP contribution in [0.2, 0.25) is 0 Å².